The van der Waals surface area contributed by atoms with Gasteiger partial charge in [-0.15, -0.1) is 0 Å². The van der Waals surface area contributed by atoms with Crippen molar-refractivity contribution in [2.24, 2.45) is 0 Å². The number of halogens is 1. The first kappa shape index (κ1) is 18.2. The molecule has 0 bridgehead atoms. The van der Waals surface area contributed by atoms with E-state index in [2.05, 4.69) is 16.3 Å². The molecule has 0 saturated carbocycles. The second-order valence-corrected chi connectivity index (χ2v) is 6.67. The van der Waals surface area contributed by atoms with Crippen LogP contribution in [0.3, 0.4) is 0 Å². The van der Waals surface area contributed by atoms with Crippen molar-refractivity contribution in [1.29, 1.82) is 5.26 Å². The zero-order valence-electron chi connectivity index (χ0n) is 14.0. The predicted molar refractivity (Wildman–Crippen MR) is 106 cm³/mol. The van der Waals surface area contributed by atoms with Gasteiger partial charge in [-0.25, -0.2) is 0 Å². The highest BCUT2D eigenvalue weighted by molar-refractivity contribution is 7.80. The molecule has 2 aromatic rings. The van der Waals surface area contributed by atoms with Crippen molar-refractivity contribution < 1.29 is 4.79 Å². The van der Waals surface area contributed by atoms with Crippen LogP contribution in [0.25, 0.3) is 0 Å². The number of piperazine rings is 1. The molecule has 2 aromatic carbocycles. The number of rotatable bonds is 2. The van der Waals surface area contributed by atoms with Crippen LogP contribution in [-0.2, 0) is 0 Å². The van der Waals surface area contributed by atoms with Crippen molar-refractivity contribution >= 4 is 40.5 Å². The standard InChI is InChI=1S/C19H17ClN4OS/c20-17-4-2-1-3-16(17)18(25)22-19(26)24-11-9-23(10-12-24)15-7-5-14(13-21)6-8-15/h1-8H,9-12H2,(H,22,25,26). The first-order chi connectivity index (χ1) is 12.6. The quantitative estimate of drug-likeness (QED) is 0.806. The summed E-state index contributed by atoms with van der Waals surface area (Å²) in [4.78, 5) is 16.5. The van der Waals surface area contributed by atoms with Gasteiger partial charge < -0.3 is 9.80 Å². The van der Waals surface area contributed by atoms with E-state index in [0.29, 0.717) is 34.4 Å². The first-order valence-electron chi connectivity index (χ1n) is 8.18. The summed E-state index contributed by atoms with van der Waals surface area (Å²) in [6.45, 7) is 2.99. The lowest BCUT2D eigenvalue weighted by molar-refractivity contribution is 0.0973. The maximum Gasteiger partial charge on any atom is 0.258 e. The molecular formula is C19H17ClN4OS. The fraction of sp³-hybridized carbons (Fsp3) is 0.211. The van der Waals surface area contributed by atoms with Gasteiger partial charge in [0.15, 0.2) is 5.11 Å². The van der Waals surface area contributed by atoms with Crippen LogP contribution in [0.1, 0.15) is 15.9 Å². The minimum absolute atomic E-state index is 0.296. The molecule has 1 aliphatic rings. The first-order valence-corrected chi connectivity index (χ1v) is 8.97. The van der Waals surface area contributed by atoms with Gasteiger partial charge in [-0.3, -0.25) is 10.1 Å². The number of hydrogen-bond donors (Lipinski definition) is 1. The van der Waals surface area contributed by atoms with Gasteiger partial charge in [0.25, 0.3) is 5.91 Å². The molecule has 1 saturated heterocycles. The van der Waals surface area contributed by atoms with E-state index < -0.39 is 0 Å². The predicted octanol–water partition coefficient (Wildman–Crippen LogP) is 3.05. The van der Waals surface area contributed by atoms with Crippen LogP contribution < -0.4 is 10.2 Å². The normalized spacial score (nSPS) is 13.8. The third kappa shape index (κ3) is 4.13. The number of amides is 1. The van der Waals surface area contributed by atoms with Crippen molar-refractivity contribution in [2.45, 2.75) is 0 Å². The van der Waals surface area contributed by atoms with Gasteiger partial charge in [-0.05, 0) is 48.6 Å². The van der Waals surface area contributed by atoms with Crippen molar-refractivity contribution in [1.82, 2.24) is 10.2 Å². The SMILES string of the molecule is N#Cc1ccc(N2CCN(C(=S)NC(=O)c3ccccc3Cl)CC2)cc1. The zero-order valence-corrected chi connectivity index (χ0v) is 15.6. The van der Waals surface area contributed by atoms with Gasteiger partial charge in [0.1, 0.15) is 0 Å². The smallest absolute Gasteiger partial charge is 0.258 e. The van der Waals surface area contributed by atoms with E-state index in [9.17, 15) is 4.79 Å². The molecule has 5 nitrogen and oxygen atoms in total. The summed E-state index contributed by atoms with van der Waals surface area (Å²) < 4.78 is 0. The van der Waals surface area contributed by atoms with Crippen molar-refractivity contribution in [3.05, 3.63) is 64.7 Å². The van der Waals surface area contributed by atoms with Crippen molar-refractivity contribution in [3.8, 4) is 6.07 Å². The molecule has 0 aromatic heterocycles. The zero-order chi connectivity index (χ0) is 18.5. The van der Waals surface area contributed by atoms with E-state index in [1.165, 1.54) is 0 Å². The summed E-state index contributed by atoms with van der Waals surface area (Å²) in [5, 5.41) is 12.4. The Bertz CT molecular complexity index is 855. The Morgan fingerprint density at radius 1 is 1.08 bits per heavy atom. The van der Waals surface area contributed by atoms with Crippen LogP contribution in [0.4, 0.5) is 5.69 Å². The molecule has 26 heavy (non-hydrogen) atoms. The molecule has 0 spiro atoms. The van der Waals surface area contributed by atoms with E-state index in [4.69, 9.17) is 29.1 Å². The molecule has 1 N–H and O–H groups in total. The van der Waals surface area contributed by atoms with Crippen LogP contribution in [0.15, 0.2) is 48.5 Å². The highest BCUT2D eigenvalue weighted by Crippen LogP contribution is 2.18. The summed E-state index contributed by atoms with van der Waals surface area (Å²) >= 11 is 11.4. The number of nitrogens with zero attached hydrogens (tertiary/aromatic N) is 3. The van der Waals surface area contributed by atoms with Crippen LogP contribution >= 0.6 is 23.8 Å². The molecule has 0 unspecified atom stereocenters. The average Bonchev–Trinajstić information content (AvgIpc) is 2.68. The maximum atomic E-state index is 12.3. The molecule has 1 amide bonds. The maximum absolute atomic E-state index is 12.3. The van der Waals surface area contributed by atoms with E-state index in [-0.39, 0.29) is 5.91 Å². The number of nitriles is 1. The molecule has 1 heterocycles. The molecule has 0 aliphatic carbocycles. The van der Waals surface area contributed by atoms with E-state index in [0.717, 1.165) is 18.8 Å². The minimum atomic E-state index is -0.296. The Hall–Kier alpha value is -2.62. The van der Waals surface area contributed by atoms with Gasteiger partial charge in [0.05, 0.1) is 22.2 Å². The molecule has 0 radical (unpaired) electrons. The summed E-state index contributed by atoms with van der Waals surface area (Å²) in [6, 6.07) is 16.5. The number of hydrogen-bond acceptors (Lipinski definition) is 4. The van der Waals surface area contributed by atoms with Gasteiger partial charge in [-0.2, -0.15) is 5.26 Å². The van der Waals surface area contributed by atoms with E-state index in [1.54, 1.807) is 24.3 Å². The topological polar surface area (TPSA) is 59.4 Å². The molecular weight excluding hydrogens is 368 g/mol. The lowest BCUT2D eigenvalue weighted by Gasteiger charge is -2.37. The van der Waals surface area contributed by atoms with Crippen LogP contribution in [0.2, 0.25) is 5.02 Å². The summed E-state index contributed by atoms with van der Waals surface area (Å²) in [6.07, 6.45) is 0. The second-order valence-electron chi connectivity index (χ2n) is 5.87. The molecule has 0 atom stereocenters. The van der Waals surface area contributed by atoms with Gasteiger partial charge >= 0.3 is 0 Å². The van der Waals surface area contributed by atoms with Crippen molar-refractivity contribution in [2.75, 3.05) is 31.1 Å². The minimum Gasteiger partial charge on any atom is -0.368 e. The summed E-state index contributed by atoms with van der Waals surface area (Å²) in [5.74, 6) is -0.296. The van der Waals surface area contributed by atoms with E-state index in [1.807, 2.05) is 29.2 Å². The number of thiocarbonyl (C=S) groups is 1. The highest BCUT2D eigenvalue weighted by atomic mass is 35.5. The Morgan fingerprint density at radius 3 is 2.35 bits per heavy atom. The molecule has 1 aliphatic heterocycles. The monoisotopic (exact) mass is 384 g/mol. The average molecular weight is 385 g/mol. The number of benzene rings is 2. The number of carbonyl (C=O) groups is 1. The number of carbonyl (C=O) groups excluding carboxylic acids is 1. The lowest BCUT2D eigenvalue weighted by Crippen LogP contribution is -2.52. The third-order valence-corrected chi connectivity index (χ3v) is 4.96. The fourth-order valence-corrected chi connectivity index (χ4v) is 3.30. The fourth-order valence-electron chi connectivity index (χ4n) is 2.80. The van der Waals surface area contributed by atoms with Gasteiger partial charge in [0.2, 0.25) is 0 Å². The Labute approximate surface area is 162 Å². The van der Waals surface area contributed by atoms with Gasteiger partial charge in [0, 0.05) is 31.9 Å². The van der Waals surface area contributed by atoms with Crippen LogP contribution in [0, 0.1) is 11.3 Å². The largest absolute Gasteiger partial charge is 0.368 e. The van der Waals surface area contributed by atoms with Crippen LogP contribution in [-0.4, -0.2) is 42.1 Å². The molecule has 3 rings (SSSR count). The van der Waals surface area contributed by atoms with Crippen LogP contribution in [0.5, 0.6) is 0 Å². The number of anilines is 1. The number of nitrogens with one attached hydrogen (secondary N) is 1. The summed E-state index contributed by atoms with van der Waals surface area (Å²) in [7, 11) is 0. The Kier molecular flexibility index (Phi) is 5.71. The lowest BCUT2D eigenvalue weighted by atomic mass is 10.2. The molecule has 7 heteroatoms. The molecule has 132 valence electrons. The van der Waals surface area contributed by atoms with Crippen molar-refractivity contribution in [3.63, 3.8) is 0 Å². The molecule has 1 fully saturated rings. The third-order valence-electron chi connectivity index (χ3n) is 4.27. The van der Waals surface area contributed by atoms with Gasteiger partial charge in [-0.1, -0.05) is 23.7 Å². The van der Waals surface area contributed by atoms with E-state index >= 15 is 0 Å². The Balaban J connectivity index is 1.56. The Morgan fingerprint density at radius 2 is 1.73 bits per heavy atom. The second kappa shape index (κ2) is 8.17. The summed E-state index contributed by atoms with van der Waals surface area (Å²) in [5.41, 5.74) is 2.14. The highest BCUT2D eigenvalue weighted by Gasteiger charge is 2.21.